The predicted molar refractivity (Wildman–Crippen MR) is 73.7 cm³/mol. The summed E-state index contributed by atoms with van der Waals surface area (Å²) in [4.78, 5) is 5.58. The molecule has 0 bridgehead atoms. The van der Waals surface area contributed by atoms with Crippen LogP contribution in [-0.2, 0) is 16.4 Å². The lowest BCUT2D eigenvalue weighted by molar-refractivity contribution is 0.598. The molecule has 0 fully saturated rings. The van der Waals surface area contributed by atoms with Crippen molar-refractivity contribution in [1.29, 1.82) is 5.26 Å². The van der Waals surface area contributed by atoms with Crippen LogP contribution in [0.4, 0.5) is 5.69 Å². The maximum absolute atomic E-state index is 11.2. The van der Waals surface area contributed by atoms with E-state index in [1.165, 1.54) is 23.6 Å². The van der Waals surface area contributed by atoms with Crippen LogP contribution in [0.15, 0.2) is 35.5 Å². The molecule has 98 valence electrons. The Hall–Kier alpha value is -1.91. The third-order valence-electron chi connectivity index (χ3n) is 2.35. The van der Waals surface area contributed by atoms with E-state index in [1.54, 1.807) is 12.1 Å². The van der Waals surface area contributed by atoms with Crippen molar-refractivity contribution in [2.45, 2.75) is 11.6 Å². The minimum Gasteiger partial charge on any atom is -0.379 e. The van der Waals surface area contributed by atoms with E-state index in [-0.39, 0.29) is 5.03 Å². The van der Waals surface area contributed by atoms with Crippen LogP contribution in [0.2, 0.25) is 0 Å². The summed E-state index contributed by atoms with van der Waals surface area (Å²) in [6.07, 6.45) is 2.60. The van der Waals surface area contributed by atoms with Gasteiger partial charge in [-0.3, -0.25) is 0 Å². The number of nitriles is 1. The van der Waals surface area contributed by atoms with Crippen LogP contribution in [-0.4, -0.2) is 19.7 Å². The molecule has 0 amide bonds. The highest BCUT2D eigenvalue weighted by molar-refractivity contribution is 7.90. The Morgan fingerprint density at radius 1 is 1.37 bits per heavy atom. The second-order valence-corrected chi connectivity index (χ2v) is 7.02. The molecule has 1 N–H and O–H groups in total. The van der Waals surface area contributed by atoms with Gasteiger partial charge in [0.15, 0.2) is 14.9 Å². The smallest absolute Gasteiger partial charge is 0.192 e. The normalized spacial score (nSPS) is 10.9. The SMILES string of the molecule is CS(=O)(=O)c1ccc(NCc2ccc(C#N)s2)cn1. The fraction of sp³-hybridized carbons (Fsp3) is 0.167. The summed E-state index contributed by atoms with van der Waals surface area (Å²) < 4.78 is 22.5. The molecule has 5 nitrogen and oxygen atoms in total. The summed E-state index contributed by atoms with van der Waals surface area (Å²) in [5.41, 5.74) is 0.735. The van der Waals surface area contributed by atoms with Crippen LogP contribution in [0.3, 0.4) is 0 Å². The average Bonchev–Trinajstić information content (AvgIpc) is 2.84. The summed E-state index contributed by atoms with van der Waals surface area (Å²) in [5.74, 6) is 0. The number of sulfone groups is 1. The zero-order chi connectivity index (χ0) is 13.9. The first-order chi connectivity index (χ1) is 8.99. The van der Waals surface area contributed by atoms with Gasteiger partial charge in [-0.1, -0.05) is 0 Å². The van der Waals surface area contributed by atoms with Gasteiger partial charge in [0.1, 0.15) is 10.9 Å². The molecule has 0 saturated heterocycles. The lowest BCUT2D eigenvalue weighted by atomic mass is 10.4. The molecule has 0 saturated carbocycles. The van der Waals surface area contributed by atoms with Crippen LogP contribution >= 0.6 is 11.3 Å². The fourth-order valence-electron chi connectivity index (χ4n) is 1.43. The van der Waals surface area contributed by atoms with E-state index < -0.39 is 9.84 Å². The van der Waals surface area contributed by atoms with E-state index in [9.17, 15) is 8.42 Å². The molecule has 2 heterocycles. The van der Waals surface area contributed by atoms with Crippen LogP contribution in [0.5, 0.6) is 0 Å². The lowest BCUT2D eigenvalue weighted by Gasteiger charge is -2.04. The largest absolute Gasteiger partial charge is 0.379 e. The number of aromatic nitrogens is 1. The predicted octanol–water partition coefficient (Wildman–Crippen LogP) is 2.03. The lowest BCUT2D eigenvalue weighted by Crippen LogP contribution is -2.02. The van der Waals surface area contributed by atoms with E-state index in [4.69, 9.17) is 5.26 Å². The van der Waals surface area contributed by atoms with Crippen molar-refractivity contribution in [2.75, 3.05) is 11.6 Å². The van der Waals surface area contributed by atoms with Crippen LogP contribution < -0.4 is 5.32 Å². The number of nitrogens with zero attached hydrogens (tertiary/aromatic N) is 2. The molecule has 2 aromatic rings. The minimum atomic E-state index is -3.26. The molecule has 0 unspecified atom stereocenters. The first-order valence-corrected chi connectivity index (χ1v) is 8.08. The Labute approximate surface area is 115 Å². The van der Waals surface area contributed by atoms with Crippen molar-refractivity contribution < 1.29 is 8.42 Å². The number of hydrogen-bond acceptors (Lipinski definition) is 6. The highest BCUT2D eigenvalue weighted by Crippen LogP contribution is 2.17. The van der Waals surface area contributed by atoms with E-state index >= 15 is 0 Å². The Kier molecular flexibility index (Phi) is 3.83. The number of pyridine rings is 1. The van der Waals surface area contributed by atoms with Gasteiger partial charge in [0.25, 0.3) is 0 Å². The molecule has 0 atom stereocenters. The Morgan fingerprint density at radius 3 is 2.68 bits per heavy atom. The topological polar surface area (TPSA) is 82.9 Å². The van der Waals surface area contributed by atoms with E-state index in [0.717, 1.165) is 16.8 Å². The molecule has 0 radical (unpaired) electrons. The molecule has 7 heteroatoms. The molecule has 0 aromatic carbocycles. The zero-order valence-electron chi connectivity index (χ0n) is 10.1. The first kappa shape index (κ1) is 13.5. The third-order valence-corrected chi connectivity index (χ3v) is 4.35. The Bertz CT molecular complexity index is 712. The summed E-state index contributed by atoms with van der Waals surface area (Å²) in [5, 5.41) is 11.9. The van der Waals surface area contributed by atoms with Crippen molar-refractivity contribution >= 4 is 26.9 Å². The average molecular weight is 293 g/mol. The summed E-state index contributed by atoms with van der Waals surface area (Å²) >= 11 is 1.42. The van der Waals surface area contributed by atoms with Crippen LogP contribution in [0, 0.1) is 11.3 Å². The quantitative estimate of drug-likeness (QED) is 0.932. The number of thiophene rings is 1. The Balaban J connectivity index is 2.03. The van der Waals surface area contributed by atoms with Crippen molar-refractivity contribution in [3.8, 4) is 6.07 Å². The van der Waals surface area contributed by atoms with Gasteiger partial charge in [0.2, 0.25) is 0 Å². The van der Waals surface area contributed by atoms with E-state index in [2.05, 4.69) is 16.4 Å². The standard InChI is InChI=1S/C12H11N3O2S2/c1-19(16,17)12-5-2-9(7-15-12)14-8-11-4-3-10(6-13)18-11/h2-5,7,14H,8H2,1H3. The van der Waals surface area contributed by atoms with Gasteiger partial charge in [0.05, 0.1) is 11.9 Å². The van der Waals surface area contributed by atoms with Crippen molar-refractivity contribution in [3.05, 3.63) is 40.2 Å². The molecule has 0 aliphatic rings. The van der Waals surface area contributed by atoms with Gasteiger partial charge in [-0.25, -0.2) is 13.4 Å². The van der Waals surface area contributed by atoms with Gasteiger partial charge in [-0.2, -0.15) is 5.26 Å². The van der Waals surface area contributed by atoms with Gasteiger partial charge in [0, 0.05) is 17.7 Å². The molecule has 19 heavy (non-hydrogen) atoms. The molecule has 2 rings (SSSR count). The molecule has 0 aliphatic carbocycles. The van der Waals surface area contributed by atoms with Gasteiger partial charge >= 0.3 is 0 Å². The zero-order valence-corrected chi connectivity index (χ0v) is 11.8. The minimum absolute atomic E-state index is 0.0564. The van der Waals surface area contributed by atoms with Crippen molar-refractivity contribution in [2.24, 2.45) is 0 Å². The summed E-state index contributed by atoms with van der Waals surface area (Å²) in [6.45, 7) is 0.576. The molecule has 0 spiro atoms. The van der Waals surface area contributed by atoms with Crippen molar-refractivity contribution in [3.63, 3.8) is 0 Å². The maximum atomic E-state index is 11.2. The molecular formula is C12H11N3O2S2. The highest BCUT2D eigenvalue weighted by atomic mass is 32.2. The number of hydrogen-bond donors (Lipinski definition) is 1. The highest BCUT2D eigenvalue weighted by Gasteiger charge is 2.07. The second kappa shape index (κ2) is 5.38. The first-order valence-electron chi connectivity index (χ1n) is 5.38. The Morgan fingerprint density at radius 2 is 2.16 bits per heavy atom. The summed E-state index contributed by atoms with van der Waals surface area (Å²) in [6, 6.07) is 8.87. The number of anilines is 1. The molecule has 2 aromatic heterocycles. The van der Waals surface area contributed by atoms with Gasteiger partial charge < -0.3 is 5.32 Å². The molecular weight excluding hydrogens is 282 g/mol. The van der Waals surface area contributed by atoms with Crippen LogP contribution in [0.25, 0.3) is 0 Å². The van der Waals surface area contributed by atoms with Gasteiger partial charge in [-0.05, 0) is 24.3 Å². The van der Waals surface area contributed by atoms with E-state index in [1.807, 2.05) is 6.07 Å². The second-order valence-electron chi connectivity index (χ2n) is 3.89. The fourth-order valence-corrected chi connectivity index (χ4v) is 2.73. The van der Waals surface area contributed by atoms with Crippen molar-refractivity contribution in [1.82, 2.24) is 4.98 Å². The summed E-state index contributed by atoms with van der Waals surface area (Å²) in [7, 11) is -3.26. The number of nitrogens with one attached hydrogen (secondary N) is 1. The van der Waals surface area contributed by atoms with E-state index in [0.29, 0.717) is 11.4 Å². The van der Waals surface area contributed by atoms with Gasteiger partial charge in [-0.15, -0.1) is 11.3 Å². The monoisotopic (exact) mass is 293 g/mol. The number of rotatable bonds is 4. The van der Waals surface area contributed by atoms with Crippen LogP contribution in [0.1, 0.15) is 9.75 Å². The third kappa shape index (κ3) is 3.53. The molecule has 0 aliphatic heterocycles. The maximum Gasteiger partial charge on any atom is 0.192 e.